The van der Waals surface area contributed by atoms with Gasteiger partial charge in [-0.15, -0.1) is 0 Å². The van der Waals surface area contributed by atoms with Crippen molar-refractivity contribution in [2.45, 2.75) is 20.3 Å². The van der Waals surface area contributed by atoms with Crippen LogP contribution in [0.5, 0.6) is 0 Å². The van der Waals surface area contributed by atoms with Crippen molar-refractivity contribution < 1.29 is 9.53 Å². The molecule has 2 N–H and O–H groups in total. The molecule has 0 aromatic carbocycles. The molecule has 12 heavy (non-hydrogen) atoms. The van der Waals surface area contributed by atoms with Crippen LogP contribution in [0.15, 0.2) is 11.3 Å². The van der Waals surface area contributed by atoms with Crippen LogP contribution in [0.3, 0.4) is 0 Å². The molecule has 0 atom stereocenters. The topological polar surface area (TPSA) is 76.1 Å². The minimum absolute atomic E-state index is 0.0593. The highest BCUT2D eigenvalue weighted by atomic mass is 16.5. The Morgan fingerprint density at radius 1 is 1.58 bits per heavy atom. The predicted octanol–water partition coefficient (Wildman–Crippen LogP) is 0.696. The molecule has 0 spiro atoms. The summed E-state index contributed by atoms with van der Waals surface area (Å²) in [4.78, 5) is 11.1. The summed E-state index contributed by atoms with van der Waals surface area (Å²) < 4.78 is 4.69. The standard InChI is InChI=1S/C8H12N2O2/c1-3-6(7(10)5-9)8(11)12-4-2/h3-4,10H2,1-2H3/b7-6+. The van der Waals surface area contributed by atoms with Gasteiger partial charge in [-0.2, -0.15) is 5.26 Å². The van der Waals surface area contributed by atoms with Crippen molar-refractivity contribution in [1.29, 1.82) is 5.26 Å². The van der Waals surface area contributed by atoms with Gasteiger partial charge in [0.05, 0.1) is 12.2 Å². The van der Waals surface area contributed by atoms with Crippen molar-refractivity contribution in [3.05, 3.63) is 11.3 Å². The summed E-state index contributed by atoms with van der Waals surface area (Å²) >= 11 is 0. The number of esters is 1. The number of carbonyl (C=O) groups is 1. The fourth-order valence-electron chi connectivity index (χ4n) is 0.730. The maximum absolute atomic E-state index is 11.1. The lowest BCUT2D eigenvalue weighted by atomic mass is 10.1. The van der Waals surface area contributed by atoms with E-state index in [1.807, 2.05) is 0 Å². The molecule has 0 aliphatic carbocycles. The smallest absolute Gasteiger partial charge is 0.336 e. The Bertz CT molecular complexity index is 238. The molecule has 0 radical (unpaired) electrons. The van der Waals surface area contributed by atoms with E-state index < -0.39 is 5.97 Å². The molecule has 0 aliphatic heterocycles. The normalized spacial score (nSPS) is 11.4. The monoisotopic (exact) mass is 168 g/mol. The molecule has 0 aliphatic rings. The first-order valence-electron chi connectivity index (χ1n) is 3.73. The highest BCUT2D eigenvalue weighted by Gasteiger charge is 2.11. The summed E-state index contributed by atoms with van der Waals surface area (Å²) in [6.45, 7) is 3.74. The van der Waals surface area contributed by atoms with E-state index in [0.717, 1.165) is 0 Å². The van der Waals surface area contributed by atoms with Crippen LogP contribution in [0.2, 0.25) is 0 Å². The number of nitriles is 1. The van der Waals surface area contributed by atoms with Crippen molar-refractivity contribution in [2.75, 3.05) is 6.61 Å². The molecule has 0 aromatic heterocycles. The predicted molar refractivity (Wildman–Crippen MR) is 43.8 cm³/mol. The maximum atomic E-state index is 11.1. The molecule has 0 fully saturated rings. The van der Waals surface area contributed by atoms with Crippen molar-refractivity contribution in [1.82, 2.24) is 0 Å². The maximum Gasteiger partial charge on any atom is 0.336 e. The minimum Gasteiger partial charge on any atom is -0.463 e. The van der Waals surface area contributed by atoms with E-state index in [1.165, 1.54) is 0 Å². The summed E-state index contributed by atoms with van der Waals surface area (Å²) in [5, 5.41) is 8.41. The molecule has 0 rings (SSSR count). The van der Waals surface area contributed by atoms with Crippen molar-refractivity contribution >= 4 is 5.97 Å². The highest BCUT2D eigenvalue weighted by Crippen LogP contribution is 2.06. The summed E-state index contributed by atoms with van der Waals surface area (Å²) in [5.74, 6) is -0.501. The second kappa shape index (κ2) is 5.19. The Hall–Kier alpha value is -1.50. The zero-order valence-corrected chi connectivity index (χ0v) is 7.26. The Labute approximate surface area is 71.6 Å². The Kier molecular flexibility index (Phi) is 4.54. The summed E-state index contributed by atoms with van der Waals surface area (Å²) in [6.07, 6.45) is 0.415. The van der Waals surface area contributed by atoms with Crippen LogP contribution >= 0.6 is 0 Å². The Balaban J connectivity index is 4.58. The van der Waals surface area contributed by atoms with E-state index in [9.17, 15) is 4.79 Å². The fraction of sp³-hybridized carbons (Fsp3) is 0.500. The van der Waals surface area contributed by atoms with Crippen LogP contribution in [0.4, 0.5) is 0 Å². The van der Waals surface area contributed by atoms with Crippen LogP contribution < -0.4 is 5.73 Å². The van der Waals surface area contributed by atoms with Gasteiger partial charge in [0, 0.05) is 0 Å². The summed E-state index contributed by atoms with van der Waals surface area (Å²) in [5.41, 5.74) is 5.47. The number of hydrogen-bond acceptors (Lipinski definition) is 4. The number of rotatable bonds is 3. The van der Waals surface area contributed by atoms with E-state index in [0.29, 0.717) is 13.0 Å². The van der Waals surface area contributed by atoms with Gasteiger partial charge in [0.25, 0.3) is 0 Å². The quantitative estimate of drug-likeness (QED) is 0.382. The van der Waals surface area contributed by atoms with Crippen LogP contribution in [-0.4, -0.2) is 12.6 Å². The molecule has 0 amide bonds. The zero-order valence-electron chi connectivity index (χ0n) is 7.26. The van der Waals surface area contributed by atoms with Gasteiger partial charge in [0.2, 0.25) is 0 Å². The molecular weight excluding hydrogens is 156 g/mol. The van der Waals surface area contributed by atoms with Crippen LogP contribution in [0.1, 0.15) is 20.3 Å². The molecule has 66 valence electrons. The molecule has 4 heteroatoms. The number of nitrogens with zero attached hydrogens (tertiary/aromatic N) is 1. The molecule has 0 aromatic rings. The molecule has 0 saturated carbocycles. The SMILES string of the molecule is CCOC(=O)/C(CC)=C(/N)C#N. The second-order valence-electron chi connectivity index (χ2n) is 2.08. The van der Waals surface area contributed by atoms with E-state index >= 15 is 0 Å². The van der Waals surface area contributed by atoms with E-state index in [2.05, 4.69) is 4.74 Å². The third-order valence-electron chi connectivity index (χ3n) is 1.32. The largest absolute Gasteiger partial charge is 0.463 e. The average Bonchev–Trinajstić information content (AvgIpc) is 2.06. The van der Waals surface area contributed by atoms with Crippen LogP contribution in [0.25, 0.3) is 0 Å². The zero-order chi connectivity index (χ0) is 9.56. The first kappa shape index (κ1) is 10.5. The van der Waals surface area contributed by atoms with Crippen LogP contribution in [-0.2, 0) is 9.53 Å². The number of hydrogen-bond donors (Lipinski definition) is 1. The van der Waals surface area contributed by atoms with Gasteiger partial charge < -0.3 is 10.5 Å². The molecule has 0 bridgehead atoms. The third-order valence-corrected chi connectivity index (χ3v) is 1.32. The van der Waals surface area contributed by atoms with E-state index in [4.69, 9.17) is 11.0 Å². The molecular formula is C8H12N2O2. The van der Waals surface area contributed by atoms with Crippen molar-refractivity contribution in [3.63, 3.8) is 0 Å². The molecule has 0 saturated heterocycles. The van der Waals surface area contributed by atoms with Crippen molar-refractivity contribution in [2.24, 2.45) is 5.73 Å². The minimum atomic E-state index is -0.501. The molecule has 0 unspecified atom stereocenters. The lowest BCUT2D eigenvalue weighted by molar-refractivity contribution is -0.138. The van der Waals surface area contributed by atoms with Gasteiger partial charge in [-0.25, -0.2) is 4.79 Å². The van der Waals surface area contributed by atoms with E-state index in [-0.39, 0.29) is 11.3 Å². The summed E-state index contributed by atoms with van der Waals surface area (Å²) in [6, 6.07) is 1.71. The first-order chi connectivity index (χ1) is 5.67. The molecule has 4 nitrogen and oxygen atoms in total. The number of ether oxygens (including phenoxy) is 1. The van der Waals surface area contributed by atoms with Gasteiger partial charge in [-0.3, -0.25) is 0 Å². The lowest BCUT2D eigenvalue weighted by Gasteiger charge is -2.03. The second-order valence-corrected chi connectivity index (χ2v) is 2.08. The number of carbonyl (C=O) groups excluding carboxylic acids is 1. The number of allylic oxidation sites excluding steroid dienone is 1. The van der Waals surface area contributed by atoms with Gasteiger partial charge in [-0.1, -0.05) is 6.92 Å². The average molecular weight is 168 g/mol. The van der Waals surface area contributed by atoms with Gasteiger partial charge in [-0.05, 0) is 13.3 Å². The first-order valence-corrected chi connectivity index (χ1v) is 3.73. The Morgan fingerprint density at radius 3 is 2.50 bits per heavy atom. The van der Waals surface area contributed by atoms with Gasteiger partial charge in [0.15, 0.2) is 0 Å². The van der Waals surface area contributed by atoms with Gasteiger partial charge in [0.1, 0.15) is 11.8 Å². The number of nitrogens with two attached hydrogens (primary N) is 1. The lowest BCUT2D eigenvalue weighted by Crippen LogP contribution is -2.12. The van der Waals surface area contributed by atoms with Crippen LogP contribution in [0, 0.1) is 11.3 Å². The Morgan fingerprint density at radius 2 is 2.17 bits per heavy atom. The van der Waals surface area contributed by atoms with Gasteiger partial charge >= 0.3 is 5.97 Å². The highest BCUT2D eigenvalue weighted by molar-refractivity contribution is 5.89. The third kappa shape index (κ3) is 2.62. The summed E-state index contributed by atoms with van der Waals surface area (Å²) in [7, 11) is 0. The molecule has 0 heterocycles. The van der Waals surface area contributed by atoms with Crippen molar-refractivity contribution in [3.8, 4) is 6.07 Å². The van der Waals surface area contributed by atoms with E-state index in [1.54, 1.807) is 19.9 Å². The fourth-order valence-corrected chi connectivity index (χ4v) is 0.730.